The van der Waals surface area contributed by atoms with Crippen molar-refractivity contribution in [3.8, 4) is 0 Å². The predicted molar refractivity (Wildman–Crippen MR) is 108 cm³/mol. The molecule has 0 aliphatic rings. The number of carbonyl (C=O) groups is 1. The van der Waals surface area contributed by atoms with Crippen LogP contribution in [0.3, 0.4) is 0 Å². The zero-order valence-electron chi connectivity index (χ0n) is 16.4. The highest BCUT2D eigenvalue weighted by molar-refractivity contribution is 6.06. The Bertz CT molecular complexity index is 972. The number of hydrogen-bond donors (Lipinski definition) is 2. The van der Waals surface area contributed by atoms with Gasteiger partial charge in [-0.05, 0) is 46.6 Å². The number of fused-ring (bicyclic) bond motifs is 3. The number of unbranched alkanes of at least 4 members (excludes halogenated alkanes) is 1. The Kier molecular flexibility index (Phi) is 5.21. The number of benzene rings is 1. The minimum atomic E-state index is -0.480. The van der Waals surface area contributed by atoms with Crippen molar-refractivity contribution in [2.45, 2.75) is 52.7 Å². The van der Waals surface area contributed by atoms with E-state index in [2.05, 4.69) is 19.9 Å². The number of nitrogens with zero attached hydrogens (tertiary/aromatic N) is 3. The van der Waals surface area contributed by atoms with Crippen LogP contribution in [0.4, 0.5) is 10.6 Å². The summed E-state index contributed by atoms with van der Waals surface area (Å²) in [5.74, 6) is 1.37. The van der Waals surface area contributed by atoms with E-state index in [1.54, 1.807) is 0 Å². The number of rotatable bonds is 5. The average Bonchev–Trinajstić information content (AvgIpc) is 2.91. The third kappa shape index (κ3) is 4.30. The number of aryl methyl sites for hydroxylation is 2. The van der Waals surface area contributed by atoms with Crippen LogP contribution in [-0.4, -0.2) is 32.8 Å². The van der Waals surface area contributed by atoms with E-state index in [4.69, 9.17) is 10.5 Å². The van der Waals surface area contributed by atoms with E-state index in [1.165, 1.54) is 0 Å². The quantitative estimate of drug-likeness (QED) is 0.667. The number of alkyl carbamates (subject to hydrolysis) is 1. The number of nitrogen functional groups attached to an aromatic ring is 1. The van der Waals surface area contributed by atoms with Crippen LogP contribution in [0.15, 0.2) is 24.3 Å². The van der Waals surface area contributed by atoms with Crippen molar-refractivity contribution >= 4 is 33.8 Å². The monoisotopic (exact) mass is 369 g/mol. The van der Waals surface area contributed by atoms with Crippen LogP contribution < -0.4 is 11.1 Å². The summed E-state index contributed by atoms with van der Waals surface area (Å²) in [6, 6.07) is 7.96. The third-order valence-corrected chi connectivity index (χ3v) is 4.28. The van der Waals surface area contributed by atoms with E-state index in [-0.39, 0.29) is 6.09 Å². The smallest absolute Gasteiger partial charge is 0.407 e. The number of anilines is 1. The second-order valence-corrected chi connectivity index (χ2v) is 7.66. The van der Waals surface area contributed by atoms with Crippen molar-refractivity contribution in [3.63, 3.8) is 0 Å². The van der Waals surface area contributed by atoms with Gasteiger partial charge in [0.15, 0.2) is 5.82 Å². The van der Waals surface area contributed by atoms with Gasteiger partial charge in [-0.1, -0.05) is 18.2 Å². The number of amides is 1. The first-order valence-corrected chi connectivity index (χ1v) is 9.24. The topological polar surface area (TPSA) is 95.1 Å². The Morgan fingerprint density at radius 3 is 2.70 bits per heavy atom. The SMILES string of the molecule is Cc1nc2c(N)nc3ccccc3c2n1CCCCNC(=O)OC(C)(C)C. The van der Waals surface area contributed by atoms with Crippen molar-refractivity contribution in [2.75, 3.05) is 12.3 Å². The number of nitrogens with one attached hydrogen (secondary N) is 1. The lowest BCUT2D eigenvalue weighted by molar-refractivity contribution is 0.0527. The van der Waals surface area contributed by atoms with Crippen molar-refractivity contribution < 1.29 is 9.53 Å². The summed E-state index contributed by atoms with van der Waals surface area (Å²) in [7, 11) is 0. The first-order chi connectivity index (χ1) is 12.8. The summed E-state index contributed by atoms with van der Waals surface area (Å²) >= 11 is 0. The van der Waals surface area contributed by atoms with Crippen LogP contribution in [-0.2, 0) is 11.3 Å². The van der Waals surface area contributed by atoms with Crippen molar-refractivity contribution in [3.05, 3.63) is 30.1 Å². The summed E-state index contributed by atoms with van der Waals surface area (Å²) < 4.78 is 7.43. The normalized spacial score (nSPS) is 11.9. The summed E-state index contributed by atoms with van der Waals surface area (Å²) in [6.45, 7) is 8.91. The summed E-state index contributed by atoms with van der Waals surface area (Å²) in [4.78, 5) is 20.8. The van der Waals surface area contributed by atoms with Gasteiger partial charge < -0.3 is 20.4 Å². The van der Waals surface area contributed by atoms with E-state index >= 15 is 0 Å². The molecule has 0 spiro atoms. The van der Waals surface area contributed by atoms with Gasteiger partial charge >= 0.3 is 6.09 Å². The van der Waals surface area contributed by atoms with Gasteiger partial charge in [0, 0.05) is 18.5 Å². The molecular weight excluding hydrogens is 342 g/mol. The van der Waals surface area contributed by atoms with Crippen LogP contribution in [0.2, 0.25) is 0 Å². The number of para-hydroxylation sites is 1. The fourth-order valence-corrected chi connectivity index (χ4v) is 3.14. The highest BCUT2D eigenvalue weighted by Crippen LogP contribution is 2.28. The second-order valence-electron chi connectivity index (χ2n) is 7.66. The standard InChI is InChI=1S/C20H27N5O2/c1-13-23-16-17(14-9-5-6-10-15(14)24-18(16)21)25(13)12-8-7-11-22-19(26)27-20(2,3)4/h5-6,9-10H,7-8,11-12H2,1-4H3,(H2,21,24)(H,22,26). The zero-order valence-corrected chi connectivity index (χ0v) is 16.4. The Morgan fingerprint density at radius 1 is 1.22 bits per heavy atom. The first kappa shape index (κ1) is 18.9. The summed E-state index contributed by atoms with van der Waals surface area (Å²) in [5, 5.41) is 3.84. The molecule has 0 saturated heterocycles. The largest absolute Gasteiger partial charge is 0.444 e. The highest BCUT2D eigenvalue weighted by atomic mass is 16.6. The fourth-order valence-electron chi connectivity index (χ4n) is 3.14. The molecule has 0 saturated carbocycles. The molecule has 0 bridgehead atoms. The first-order valence-electron chi connectivity index (χ1n) is 9.24. The van der Waals surface area contributed by atoms with Crippen LogP contribution in [0.5, 0.6) is 0 Å². The maximum absolute atomic E-state index is 11.7. The summed E-state index contributed by atoms with van der Waals surface area (Å²) in [5.41, 5.74) is 8.28. The van der Waals surface area contributed by atoms with Crippen molar-refractivity contribution in [2.24, 2.45) is 0 Å². The zero-order chi connectivity index (χ0) is 19.6. The molecule has 0 atom stereocenters. The molecule has 3 N–H and O–H groups in total. The van der Waals surface area contributed by atoms with Gasteiger partial charge in [-0.25, -0.2) is 14.8 Å². The molecule has 3 aromatic rings. The molecule has 0 radical (unpaired) electrons. The lowest BCUT2D eigenvalue weighted by Gasteiger charge is -2.19. The van der Waals surface area contributed by atoms with Crippen LogP contribution in [0.1, 0.15) is 39.4 Å². The molecule has 3 rings (SSSR count). The molecule has 0 aliphatic carbocycles. The molecule has 0 unspecified atom stereocenters. The number of nitrogens with two attached hydrogens (primary N) is 1. The number of ether oxygens (including phenoxy) is 1. The van der Waals surface area contributed by atoms with Crippen LogP contribution in [0.25, 0.3) is 21.9 Å². The van der Waals surface area contributed by atoms with Crippen molar-refractivity contribution in [1.82, 2.24) is 19.9 Å². The number of imidazole rings is 1. The second kappa shape index (κ2) is 7.42. The fraction of sp³-hybridized carbons (Fsp3) is 0.450. The van der Waals surface area contributed by atoms with Gasteiger partial charge in [-0.3, -0.25) is 0 Å². The molecule has 0 fully saturated rings. The Balaban J connectivity index is 1.69. The molecule has 2 heterocycles. The molecule has 27 heavy (non-hydrogen) atoms. The molecule has 0 aliphatic heterocycles. The number of pyridine rings is 1. The molecule has 1 aromatic carbocycles. The lowest BCUT2D eigenvalue weighted by atomic mass is 10.2. The highest BCUT2D eigenvalue weighted by Gasteiger charge is 2.16. The number of hydrogen-bond acceptors (Lipinski definition) is 5. The van der Waals surface area contributed by atoms with E-state index in [0.717, 1.165) is 47.1 Å². The molecule has 2 aromatic heterocycles. The van der Waals surface area contributed by atoms with Gasteiger partial charge in [0.05, 0.1) is 11.0 Å². The van der Waals surface area contributed by atoms with E-state index in [0.29, 0.717) is 12.4 Å². The van der Waals surface area contributed by atoms with Gasteiger partial charge in [-0.15, -0.1) is 0 Å². The number of carbonyl (C=O) groups excluding carboxylic acids is 1. The predicted octanol–water partition coefficient (Wildman–Crippen LogP) is 3.78. The minimum Gasteiger partial charge on any atom is -0.444 e. The van der Waals surface area contributed by atoms with E-state index in [1.807, 2.05) is 52.0 Å². The average molecular weight is 369 g/mol. The molecule has 1 amide bonds. The third-order valence-electron chi connectivity index (χ3n) is 4.28. The minimum absolute atomic E-state index is 0.378. The Labute approximate surface area is 158 Å². The maximum atomic E-state index is 11.7. The van der Waals surface area contributed by atoms with Gasteiger partial charge in [-0.2, -0.15) is 0 Å². The molecule has 7 nitrogen and oxygen atoms in total. The van der Waals surface area contributed by atoms with Crippen LogP contribution in [0, 0.1) is 6.92 Å². The summed E-state index contributed by atoms with van der Waals surface area (Å²) in [6.07, 6.45) is 1.37. The molecule has 7 heteroatoms. The maximum Gasteiger partial charge on any atom is 0.407 e. The van der Waals surface area contributed by atoms with E-state index < -0.39 is 5.60 Å². The van der Waals surface area contributed by atoms with Gasteiger partial charge in [0.1, 0.15) is 16.9 Å². The molecule has 144 valence electrons. The van der Waals surface area contributed by atoms with Crippen LogP contribution >= 0.6 is 0 Å². The van der Waals surface area contributed by atoms with Gasteiger partial charge in [0.25, 0.3) is 0 Å². The lowest BCUT2D eigenvalue weighted by Crippen LogP contribution is -2.33. The Hall–Kier alpha value is -2.83. The number of aromatic nitrogens is 3. The van der Waals surface area contributed by atoms with Gasteiger partial charge in [0.2, 0.25) is 0 Å². The Morgan fingerprint density at radius 2 is 1.96 bits per heavy atom. The van der Waals surface area contributed by atoms with Crippen molar-refractivity contribution in [1.29, 1.82) is 0 Å². The van der Waals surface area contributed by atoms with E-state index in [9.17, 15) is 4.79 Å². The molecular formula is C20H27N5O2.